The molecule has 1 N–H and O–H groups in total. The second-order valence-corrected chi connectivity index (χ2v) is 6.68. The van der Waals surface area contributed by atoms with Gasteiger partial charge in [0.1, 0.15) is 0 Å². The van der Waals surface area contributed by atoms with E-state index in [1.807, 2.05) is 40.1 Å². The maximum Gasteiger partial charge on any atom is 0.321 e. The van der Waals surface area contributed by atoms with Gasteiger partial charge in [0.15, 0.2) is 0 Å². The number of aromatic nitrogens is 1. The van der Waals surface area contributed by atoms with Gasteiger partial charge < -0.3 is 15.0 Å². The van der Waals surface area contributed by atoms with Gasteiger partial charge in [-0.1, -0.05) is 19.1 Å². The Hall–Kier alpha value is -1.92. The SMILES string of the molecule is CCCO[C@@H]1CCCN(C(=O)Nc2ccc(-c3cscn3)cc2)C1. The molecule has 5 nitrogen and oxygen atoms in total. The molecule has 1 aliphatic heterocycles. The Morgan fingerprint density at radius 2 is 2.25 bits per heavy atom. The lowest BCUT2D eigenvalue weighted by molar-refractivity contribution is 0.0115. The van der Waals surface area contributed by atoms with Crippen LogP contribution in [0.15, 0.2) is 35.2 Å². The van der Waals surface area contributed by atoms with Crippen molar-refractivity contribution in [1.29, 1.82) is 0 Å². The van der Waals surface area contributed by atoms with Crippen LogP contribution in [0.5, 0.6) is 0 Å². The second kappa shape index (κ2) is 8.26. The van der Waals surface area contributed by atoms with Gasteiger partial charge in [0, 0.05) is 36.3 Å². The smallest absolute Gasteiger partial charge is 0.321 e. The molecule has 1 aromatic carbocycles. The first-order chi connectivity index (χ1) is 11.8. The summed E-state index contributed by atoms with van der Waals surface area (Å²) in [6.07, 6.45) is 3.20. The van der Waals surface area contributed by atoms with Crippen LogP contribution in [0.2, 0.25) is 0 Å². The van der Waals surface area contributed by atoms with Crippen molar-refractivity contribution >= 4 is 23.1 Å². The standard InChI is InChI=1S/C18H23N3O2S/c1-2-10-23-16-4-3-9-21(11-16)18(22)20-15-7-5-14(6-8-15)17-12-24-13-19-17/h5-8,12-13,16H,2-4,9-11H2,1H3,(H,20,22)/t16-/m1/s1. The van der Waals surface area contributed by atoms with E-state index in [9.17, 15) is 4.79 Å². The van der Waals surface area contributed by atoms with Gasteiger partial charge in [0.05, 0.1) is 17.3 Å². The maximum absolute atomic E-state index is 12.4. The van der Waals surface area contributed by atoms with Crippen LogP contribution in [-0.2, 0) is 4.74 Å². The molecule has 1 saturated heterocycles. The summed E-state index contributed by atoms with van der Waals surface area (Å²) in [5, 5.41) is 4.99. The highest BCUT2D eigenvalue weighted by atomic mass is 32.1. The van der Waals surface area contributed by atoms with E-state index in [0.717, 1.165) is 49.4 Å². The van der Waals surface area contributed by atoms with Gasteiger partial charge in [0.2, 0.25) is 0 Å². The third-order valence-electron chi connectivity index (χ3n) is 4.09. The van der Waals surface area contributed by atoms with Gasteiger partial charge >= 0.3 is 6.03 Å². The summed E-state index contributed by atoms with van der Waals surface area (Å²) in [4.78, 5) is 18.6. The van der Waals surface area contributed by atoms with Gasteiger partial charge in [0.25, 0.3) is 0 Å². The number of carbonyl (C=O) groups is 1. The third kappa shape index (κ3) is 4.33. The fourth-order valence-electron chi connectivity index (χ4n) is 2.83. The summed E-state index contributed by atoms with van der Waals surface area (Å²) in [5.41, 5.74) is 4.64. The summed E-state index contributed by atoms with van der Waals surface area (Å²) in [5.74, 6) is 0. The molecule has 3 rings (SSSR count). The molecule has 1 atom stereocenters. The zero-order valence-electron chi connectivity index (χ0n) is 13.9. The molecule has 1 fully saturated rings. The highest BCUT2D eigenvalue weighted by molar-refractivity contribution is 7.07. The van der Waals surface area contributed by atoms with E-state index in [2.05, 4.69) is 17.2 Å². The van der Waals surface area contributed by atoms with Crippen molar-refractivity contribution in [3.63, 3.8) is 0 Å². The Bertz CT molecular complexity index is 643. The number of nitrogens with one attached hydrogen (secondary N) is 1. The van der Waals surface area contributed by atoms with Crippen molar-refractivity contribution in [1.82, 2.24) is 9.88 Å². The number of thiazole rings is 1. The molecule has 0 bridgehead atoms. The molecule has 24 heavy (non-hydrogen) atoms. The van der Waals surface area contributed by atoms with Crippen LogP contribution < -0.4 is 5.32 Å². The predicted molar refractivity (Wildman–Crippen MR) is 97.4 cm³/mol. The highest BCUT2D eigenvalue weighted by Crippen LogP contribution is 2.22. The minimum absolute atomic E-state index is 0.0544. The first kappa shape index (κ1) is 16.9. The maximum atomic E-state index is 12.4. The number of ether oxygens (including phenoxy) is 1. The average Bonchev–Trinajstić information content (AvgIpc) is 3.15. The number of hydrogen-bond acceptors (Lipinski definition) is 4. The monoisotopic (exact) mass is 345 g/mol. The van der Waals surface area contributed by atoms with Gasteiger partial charge in [-0.15, -0.1) is 11.3 Å². The van der Waals surface area contributed by atoms with E-state index in [-0.39, 0.29) is 12.1 Å². The highest BCUT2D eigenvalue weighted by Gasteiger charge is 2.24. The van der Waals surface area contributed by atoms with E-state index in [4.69, 9.17) is 4.74 Å². The summed E-state index contributed by atoms with van der Waals surface area (Å²) < 4.78 is 5.79. The number of rotatable bonds is 5. The Labute approximate surface area is 146 Å². The first-order valence-corrected chi connectivity index (χ1v) is 9.36. The van der Waals surface area contributed by atoms with E-state index in [1.54, 1.807) is 11.3 Å². The lowest BCUT2D eigenvalue weighted by atomic mass is 10.1. The normalized spacial score (nSPS) is 17.7. The molecule has 0 aliphatic carbocycles. The number of urea groups is 1. The van der Waals surface area contributed by atoms with Crippen LogP contribution >= 0.6 is 11.3 Å². The van der Waals surface area contributed by atoms with Gasteiger partial charge in [-0.05, 0) is 31.4 Å². The van der Waals surface area contributed by atoms with Crippen LogP contribution in [0.3, 0.4) is 0 Å². The molecular formula is C18H23N3O2S. The van der Waals surface area contributed by atoms with Gasteiger partial charge in [-0.25, -0.2) is 9.78 Å². The van der Waals surface area contributed by atoms with Crippen molar-refractivity contribution in [2.45, 2.75) is 32.3 Å². The fraction of sp³-hybridized carbons (Fsp3) is 0.444. The largest absolute Gasteiger partial charge is 0.376 e. The molecular weight excluding hydrogens is 322 g/mol. The second-order valence-electron chi connectivity index (χ2n) is 5.96. The number of anilines is 1. The topological polar surface area (TPSA) is 54.5 Å². The van der Waals surface area contributed by atoms with Crippen LogP contribution in [0.25, 0.3) is 11.3 Å². The van der Waals surface area contributed by atoms with Crippen molar-refractivity contribution < 1.29 is 9.53 Å². The Balaban J connectivity index is 1.56. The molecule has 0 saturated carbocycles. The zero-order chi connectivity index (χ0) is 16.8. The van der Waals surface area contributed by atoms with Crippen molar-refractivity contribution in [3.05, 3.63) is 35.2 Å². The number of carbonyl (C=O) groups excluding carboxylic acids is 1. The first-order valence-electron chi connectivity index (χ1n) is 8.42. The van der Waals surface area contributed by atoms with Crippen LogP contribution in [0.4, 0.5) is 10.5 Å². The van der Waals surface area contributed by atoms with Crippen molar-refractivity contribution in [3.8, 4) is 11.3 Å². The number of amides is 2. The number of piperidine rings is 1. The van der Waals surface area contributed by atoms with E-state index in [0.29, 0.717) is 6.54 Å². The van der Waals surface area contributed by atoms with Crippen molar-refractivity contribution in [2.75, 3.05) is 25.0 Å². The Morgan fingerprint density at radius 1 is 1.42 bits per heavy atom. The summed E-state index contributed by atoms with van der Waals surface area (Å²) in [6, 6.07) is 7.74. The summed E-state index contributed by atoms with van der Waals surface area (Å²) in [7, 11) is 0. The minimum atomic E-state index is -0.0544. The average molecular weight is 345 g/mol. The van der Waals surface area contributed by atoms with Crippen molar-refractivity contribution in [2.24, 2.45) is 0 Å². The third-order valence-corrected chi connectivity index (χ3v) is 4.67. The molecule has 2 heterocycles. The lowest BCUT2D eigenvalue weighted by Gasteiger charge is -2.32. The van der Waals surface area contributed by atoms with Crippen LogP contribution in [-0.4, -0.2) is 41.7 Å². The number of hydrogen-bond donors (Lipinski definition) is 1. The van der Waals surface area contributed by atoms with Crippen LogP contribution in [0, 0.1) is 0 Å². The zero-order valence-corrected chi connectivity index (χ0v) is 14.7. The van der Waals surface area contributed by atoms with Crippen LogP contribution in [0.1, 0.15) is 26.2 Å². The quantitative estimate of drug-likeness (QED) is 0.882. The van der Waals surface area contributed by atoms with Gasteiger partial charge in [-0.3, -0.25) is 0 Å². The number of likely N-dealkylation sites (tertiary alicyclic amines) is 1. The van der Waals surface area contributed by atoms with E-state index < -0.39 is 0 Å². The predicted octanol–water partition coefficient (Wildman–Crippen LogP) is 4.23. The molecule has 0 unspecified atom stereocenters. The van der Waals surface area contributed by atoms with Gasteiger partial charge in [-0.2, -0.15) is 0 Å². The van der Waals surface area contributed by atoms with E-state index >= 15 is 0 Å². The Kier molecular flexibility index (Phi) is 5.82. The minimum Gasteiger partial charge on any atom is -0.376 e. The summed E-state index contributed by atoms with van der Waals surface area (Å²) in [6.45, 7) is 4.32. The molecule has 128 valence electrons. The molecule has 6 heteroatoms. The lowest BCUT2D eigenvalue weighted by Crippen LogP contribution is -2.45. The van der Waals surface area contributed by atoms with E-state index in [1.165, 1.54) is 0 Å². The molecule has 2 amide bonds. The number of nitrogens with zero attached hydrogens (tertiary/aromatic N) is 2. The fourth-order valence-corrected chi connectivity index (χ4v) is 3.39. The molecule has 0 spiro atoms. The molecule has 1 aromatic heterocycles. The summed E-state index contributed by atoms with van der Waals surface area (Å²) >= 11 is 1.57. The molecule has 0 radical (unpaired) electrons. The molecule has 1 aliphatic rings. The number of benzene rings is 1. The Morgan fingerprint density at radius 3 is 2.96 bits per heavy atom. The molecule has 2 aromatic rings.